The molecule has 110 valence electrons. The number of amides is 1. The Morgan fingerprint density at radius 1 is 1.14 bits per heavy atom. The summed E-state index contributed by atoms with van der Waals surface area (Å²) in [5, 5.41) is 3.46. The van der Waals surface area contributed by atoms with Gasteiger partial charge >= 0.3 is 0 Å². The molecule has 6 heteroatoms. The first-order valence-corrected chi connectivity index (χ1v) is 6.64. The third-order valence-corrected chi connectivity index (χ3v) is 3.84. The summed E-state index contributed by atoms with van der Waals surface area (Å²) in [4.78, 5) is 24.6. The summed E-state index contributed by atoms with van der Waals surface area (Å²) in [5.41, 5.74) is 1.62. The average molecular weight is 288 g/mol. The fourth-order valence-electron chi connectivity index (χ4n) is 2.81. The lowest BCUT2D eigenvalue weighted by Crippen LogP contribution is -2.24. The highest BCUT2D eigenvalue weighted by atomic mass is 16.5. The minimum absolute atomic E-state index is 0.0406. The maximum Gasteiger partial charge on any atom is 0.268 e. The molecule has 1 N–H and O–H groups in total. The average Bonchev–Trinajstić information content (AvgIpc) is 2.68. The van der Waals surface area contributed by atoms with Gasteiger partial charge in [0.1, 0.15) is 5.69 Å². The molecule has 0 saturated carbocycles. The number of benzene rings is 1. The second-order valence-corrected chi connectivity index (χ2v) is 4.94. The molecule has 2 aromatic rings. The molecule has 1 aromatic heterocycles. The largest absolute Gasteiger partial charge is 0.493 e. The van der Waals surface area contributed by atoms with Gasteiger partial charge in [-0.15, -0.1) is 0 Å². The van der Waals surface area contributed by atoms with E-state index in [-0.39, 0.29) is 11.7 Å². The molecular weight excluding hydrogens is 272 g/mol. The first-order chi connectivity index (χ1) is 10.1. The maximum atomic E-state index is 12.4. The molecule has 3 rings (SSSR count). The van der Waals surface area contributed by atoms with Crippen LogP contribution in [-0.4, -0.2) is 37.0 Å². The topological polar surface area (TPSA) is 69.6 Å². The number of methoxy groups -OCH3 is 2. The zero-order valence-electron chi connectivity index (χ0n) is 12.1. The first kappa shape index (κ1) is 13.5. The Labute approximate surface area is 121 Å². The summed E-state index contributed by atoms with van der Waals surface area (Å²) in [5.74, 6) is 0.832. The fraction of sp³-hybridized carbons (Fsp3) is 0.333. The van der Waals surface area contributed by atoms with E-state index in [0.29, 0.717) is 41.1 Å². The lowest BCUT2D eigenvalue weighted by atomic mass is 10.0. The zero-order chi connectivity index (χ0) is 15.1. The Kier molecular flexibility index (Phi) is 3.08. The molecule has 0 radical (unpaired) electrons. The van der Waals surface area contributed by atoms with E-state index in [1.807, 2.05) is 0 Å². The lowest BCUT2D eigenvalue weighted by Gasteiger charge is -2.09. The van der Waals surface area contributed by atoms with E-state index < -0.39 is 0 Å². The number of nitrogens with zero attached hydrogens (tertiary/aromatic N) is 1. The maximum absolute atomic E-state index is 12.4. The van der Waals surface area contributed by atoms with Crippen molar-refractivity contribution >= 4 is 22.6 Å². The summed E-state index contributed by atoms with van der Waals surface area (Å²) in [6, 6.07) is 3.53. The molecule has 2 heterocycles. The smallest absolute Gasteiger partial charge is 0.268 e. The number of aromatic nitrogens is 1. The second-order valence-electron chi connectivity index (χ2n) is 4.94. The van der Waals surface area contributed by atoms with Gasteiger partial charge in [0, 0.05) is 31.5 Å². The minimum atomic E-state index is -0.229. The van der Waals surface area contributed by atoms with Crippen molar-refractivity contribution < 1.29 is 19.1 Å². The van der Waals surface area contributed by atoms with Crippen LogP contribution in [0.15, 0.2) is 12.1 Å². The van der Waals surface area contributed by atoms with Crippen LogP contribution < -0.4 is 14.8 Å². The molecule has 0 bridgehead atoms. The van der Waals surface area contributed by atoms with Gasteiger partial charge in [-0.1, -0.05) is 0 Å². The molecular formula is C15H16N2O4. The highest BCUT2D eigenvalue weighted by Crippen LogP contribution is 2.36. The van der Waals surface area contributed by atoms with Crippen molar-refractivity contribution in [3.8, 4) is 11.5 Å². The molecule has 0 atom stereocenters. The molecule has 0 aliphatic carbocycles. The van der Waals surface area contributed by atoms with Gasteiger partial charge in [-0.2, -0.15) is 0 Å². The Hall–Kier alpha value is -2.50. The Balaban J connectivity index is 2.41. The Morgan fingerprint density at radius 3 is 2.48 bits per heavy atom. The number of carbonyl (C=O) groups excluding carboxylic acids is 2. The number of Topliss-reactive ketones (excluding diaryl/α,β-unsaturated/α-hetero) is 1. The summed E-state index contributed by atoms with van der Waals surface area (Å²) in [6.45, 7) is 0.362. The molecule has 0 unspecified atom stereocenters. The third-order valence-electron chi connectivity index (χ3n) is 3.84. The van der Waals surface area contributed by atoms with E-state index in [1.165, 1.54) is 0 Å². The first-order valence-electron chi connectivity index (χ1n) is 6.64. The van der Waals surface area contributed by atoms with Crippen molar-refractivity contribution in [1.29, 1.82) is 0 Å². The standard InChI is InChI=1S/C15H16N2O4/c1-17-9-7-12(21-3)11(20-2)6-8(9)13-10(18)4-5-16-15(19)14(13)17/h6-7H,4-5H2,1-3H3,(H,16,19). The van der Waals surface area contributed by atoms with Crippen molar-refractivity contribution in [3.63, 3.8) is 0 Å². The highest BCUT2D eigenvalue weighted by Gasteiger charge is 2.29. The van der Waals surface area contributed by atoms with Gasteiger partial charge in [0.25, 0.3) is 5.91 Å². The van der Waals surface area contributed by atoms with Crippen molar-refractivity contribution in [3.05, 3.63) is 23.4 Å². The van der Waals surface area contributed by atoms with Gasteiger partial charge in [0.15, 0.2) is 17.3 Å². The third kappa shape index (κ3) is 1.86. The number of rotatable bonds is 2. The predicted molar refractivity (Wildman–Crippen MR) is 77.3 cm³/mol. The number of ketones is 1. The van der Waals surface area contributed by atoms with E-state index in [1.54, 1.807) is 38.0 Å². The molecule has 1 aromatic carbocycles. The molecule has 6 nitrogen and oxygen atoms in total. The van der Waals surface area contributed by atoms with Crippen molar-refractivity contribution in [1.82, 2.24) is 9.88 Å². The second kappa shape index (κ2) is 4.80. The molecule has 0 spiro atoms. The number of ether oxygens (including phenoxy) is 2. The lowest BCUT2D eigenvalue weighted by molar-refractivity contribution is 0.0948. The molecule has 1 aliphatic rings. The number of hydrogen-bond donors (Lipinski definition) is 1. The van der Waals surface area contributed by atoms with E-state index in [4.69, 9.17) is 9.47 Å². The van der Waals surface area contributed by atoms with E-state index in [2.05, 4.69) is 5.32 Å². The van der Waals surface area contributed by atoms with Crippen molar-refractivity contribution in [2.75, 3.05) is 20.8 Å². The van der Waals surface area contributed by atoms with Crippen molar-refractivity contribution in [2.24, 2.45) is 7.05 Å². The van der Waals surface area contributed by atoms with Gasteiger partial charge in [0.05, 0.1) is 25.3 Å². The van der Waals surface area contributed by atoms with Crippen LogP contribution in [0.5, 0.6) is 11.5 Å². The van der Waals surface area contributed by atoms with Gasteiger partial charge in [-0.05, 0) is 6.07 Å². The van der Waals surface area contributed by atoms with Crippen LogP contribution in [0.3, 0.4) is 0 Å². The summed E-state index contributed by atoms with van der Waals surface area (Å²) >= 11 is 0. The zero-order valence-corrected chi connectivity index (χ0v) is 12.1. The van der Waals surface area contributed by atoms with Gasteiger partial charge in [0.2, 0.25) is 0 Å². The summed E-state index contributed by atoms with van der Waals surface area (Å²) in [7, 11) is 4.86. The summed E-state index contributed by atoms with van der Waals surface area (Å²) in [6.07, 6.45) is 0.298. The Bertz CT molecular complexity index is 761. The highest BCUT2D eigenvalue weighted by molar-refractivity contribution is 6.18. The molecule has 0 saturated heterocycles. The SMILES string of the molecule is COc1cc2c3c(n(C)c2cc1OC)C(=O)NCCC3=O. The number of hydrogen-bond acceptors (Lipinski definition) is 4. The van der Waals surface area contributed by atoms with Crippen LogP contribution in [0, 0.1) is 0 Å². The van der Waals surface area contributed by atoms with E-state index >= 15 is 0 Å². The minimum Gasteiger partial charge on any atom is -0.493 e. The van der Waals surface area contributed by atoms with Gasteiger partial charge in [-0.25, -0.2) is 0 Å². The normalized spacial score (nSPS) is 14.6. The molecule has 1 aliphatic heterocycles. The van der Waals surface area contributed by atoms with Gasteiger partial charge in [-0.3, -0.25) is 9.59 Å². The van der Waals surface area contributed by atoms with Crippen LogP contribution in [0.2, 0.25) is 0 Å². The fourth-order valence-corrected chi connectivity index (χ4v) is 2.81. The van der Waals surface area contributed by atoms with Gasteiger partial charge < -0.3 is 19.4 Å². The van der Waals surface area contributed by atoms with E-state index in [0.717, 1.165) is 5.52 Å². The van der Waals surface area contributed by atoms with Crippen LogP contribution in [-0.2, 0) is 7.05 Å². The molecule has 21 heavy (non-hydrogen) atoms. The van der Waals surface area contributed by atoms with Crippen molar-refractivity contribution in [2.45, 2.75) is 6.42 Å². The van der Waals surface area contributed by atoms with Crippen LogP contribution in [0.25, 0.3) is 10.9 Å². The predicted octanol–water partition coefficient (Wildman–Crippen LogP) is 1.51. The monoisotopic (exact) mass is 288 g/mol. The number of fused-ring (bicyclic) bond motifs is 3. The van der Waals surface area contributed by atoms with Crippen LogP contribution >= 0.6 is 0 Å². The number of aryl methyl sites for hydroxylation is 1. The van der Waals surface area contributed by atoms with Crippen LogP contribution in [0.1, 0.15) is 27.3 Å². The quantitative estimate of drug-likeness (QED) is 0.909. The summed E-state index contributed by atoms with van der Waals surface area (Å²) < 4.78 is 12.3. The number of carbonyl (C=O) groups is 2. The van der Waals surface area contributed by atoms with E-state index in [9.17, 15) is 9.59 Å². The number of nitrogens with one attached hydrogen (secondary N) is 1. The molecule has 1 amide bonds. The molecule has 0 fully saturated rings. The van der Waals surface area contributed by atoms with Crippen LogP contribution in [0.4, 0.5) is 0 Å². The Morgan fingerprint density at radius 2 is 1.81 bits per heavy atom.